The van der Waals surface area contributed by atoms with E-state index in [1.165, 1.54) is 4.68 Å². The molecule has 4 N–H and O–H groups in total. The number of benzene rings is 2. The zero-order chi connectivity index (χ0) is 33.8. The Morgan fingerprint density at radius 1 is 0.958 bits per heavy atom. The van der Waals surface area contributed by atoms with Gasteiger partial charge in [-0.2, -0.15) is 0 Å². The third-order valence-corrected chi connectivity index (χ3v) is 10.6. The van der Waals surface area contributed by atoms with Gasteiger partial charge in [0.2, 0.25) is 5.91 Å². The van der Waals surface area contributed by atoms with Crippen LogP contribution in [0.2, 0.25) is 5.02 Å². The van der Waals surface area contributed by atoms with E-state index in [2.05, 4.69) is 32.2 Å². The van der Waals surface area contributed by atoms with Crippen LogP contribution in [0.25, 0.3) is 11.4 Å². The molecule has 12 nitrogen and oxygen atoms in total. The van der Waals surface area contributed by atoms with Crippen molar-refractivity contribution in [2.75, 3.05) is 65.1 Å². The average molecular weight is 678 g/mol. The Kier molecular flexibility index (Phi) is 10.7. The molecule has 3 aliphatic rings. The van der Waals surface area contributed by atoms with Gasteiger partial charge < -0.3 is 25.8 Å². The lowest BCUT2D eigenvalue weighted by atomic mass is 9.99. The molecule has 258 valence electrons. The van der Waals surface area contributed by atoms with E-state index in [-0.39, 0.29) is 23.7 Å². The number of amides is 3. The maximum atomic E-state index is 14.1. The van der Waals surface area contributed by atoms with Crippen LogP contribution in [0.4, 0.5) is 10.5 Å². The van der Waals surface area contributed by atoms with Gasteiger partial charge in [0, 0.05) is 57.3 Å². The van der Waals surface area contributed by atoms with E-state index in [1.54, 1.807) is 11.0 Å². The number of likely N-dealkylation sites (tertiary alicyclic amines) is 2. The summed E-state index contributed by atoms with van der Waals surface area (Å²) in [5.74, 6) is 0.451. The fourth-order valence-electron chi connectivity index (χ4n) is 7.34. The Morgan fingerprint density at radius 3 is 2.29 bits per heavy atom. The number of anilines is 1. The lowest BCUT2D eigenvalue weighted by Crippen LogP contribution is -2.59. The number of H-pyrrole nitrogens is 1. The van der Waals surface area contributed by atoms with Gasteiger partial charge in [-0.3, -0.25) is 14.7 Å². The van der Waals surface area contributed by atoms with Crippen molar-refractivity contribution in [3.63, 3.8) is 0 Å². The number of urea groups is 1. The first-order valence-electron chi connectivity index (χ1n) is 17.3. The van der Waals surface area contributed by atoms with E-state index in [0.29, 0.717) is 74.4 Å². The molecule has 0 spiro atoms. The van der Waals surface area contributed by atoms with Crippen molar-refractivity contribution in [2.45, 2.75) is 63.6 Å². The molecule has 0 bridgehead atoms. The summed E-state index contributed by atoms with van der Waals surface area (Å²) in [5.41, 5.74) is 9.13. The number of halogens is 1. The number of hydrogen-bond acceptors (Lipinski definition) is 7. The maximum absolute atomic E-state index is 14.1. The lowest BCUT2D eigenvalue weighted by Gasteiger charge is -2.43. The normalized spacial score (nSPS) is 19.4. The number of aromatic nitrogens is 3. The van der Waals surface area contributed by atoms with E-state index < -0.39 is 6.04 Å². The minimum Gasteiger partial charge on any atom is -0.397 e. The fraction of sp³-hybridized carbons (Fsp3) is 0.543. The molecular formula is C35H48ClN9O3. The molecule has 0 saturated carbocycles. The van der Waals surface area contributed by atoms with Crippen molar-refractivity contribution in [2.24, 2.45) is 0 Å². The molecular weight excluding hydrogens is 630 g/mol. The van der Waals surface area contributed by atoms with Crippen LogP contribution in [0.15, 0.2) is 47.3 Å². The van der Waals surface area contributed by atoms with Gasteiger partial charge in [0.1, 0.15) is 6.04 Å². The van der Waals surface area contributed by atoms with E-state index in [1.807, 2.05) is 48.2 Å². The van der Waals surface area contributed by atoms with E-state index in [9.17, 15) is 14.4 Å². The number of aromatic amines is 1. The molecule has 3 aliphatic heterocycles. The molecule has 6 rings (SSSR count). The predicted molar refractivity (Wildman–Crippen MR) is 188 cm³/mol. The van der Waals surface area contributed by atoms with Crippen molar-refractivity contribution >= 4 is 29.2 Å². The number of piperazine rings is 1. The quantitative estimate of drug-likeness (QED) is 0.312. The molecule has 48 heavy (non-hydrogen) atoms. The Hall–Kier alpha value is -3.87. The van der Waals surface area contributed by atoms with Gasteiger partial charge in [-0.25, -0.2) is 14.3 Å². The first kappa shape index (κ1) is 34.0. The highest BCUT2D eigenvalue weighted by Crippen LogP contribution is 2.27. The largest absolute Gasteiger partial charge is 0.397 e. The summed E-state index contributed by atoms with van der Waals surface area (Å²) < 4.78 is 1.51. The summed E-state index contributed by atoms with van der Waals surface area (Å²) in [4.78, 5) is 52.0. The summed E-state index contributed by atoms with van der Waals surface area (Å²) >= 11 is 6.49. The minimum absolute atomic E-state index is 0.0798. The second-order valence-electron chi connectivity index (χ2n) is 13.4. The topological polar surface area (TPSA) is 136 Å². The van der Waals surface area contributed by atoms with Gasteiger partial charge in [0.05, 0.1) is 16.8 Å². The number of rotatable bonds is 8. The third kappa shape index (κ3) is 7.71. The Balaban J connectivity index is 1.11. The van der Waals surface area contributed by atoms with Crippen LogP contribution in [0.3, 0.4) is 0 Å². The molecule has 0 radical (unpaired) electrons. The zero-order valence-corrected chi connectivity index (χ0v) is 28.8. The molecule has 0 unspecified atom stereocenters. The monoisotopic (exact) mass is 677 g/mol. The summed E-state index contributed by atoms with van der Waals surface area (Å²) in [6.07, 6.45) is 4.49. The number of hydrogen-bond donors (Lipinski definition) is 3. The maximum Gasteiger partial charge on any atom is 0.343 e. The number of carbonyl (C=O) groups excluding carboxylic acids is 2. The van der Waals surface area contributed by atoms with Crippen LogP contribution in [0.5, 0.6) is 0 Å². The van der Waals surface area contributed by atoms with Crippen LogP contribution in [-0.4, -0.2) is 118 Å². The van der Waals surface area contributed by atoms with Gasteiger partial charge in [0.15, 0.2) is 5.82 Å². The smallest absolute Gasteiger partial charge is 0.343 e. The van der Waals surface area contributed by atoms with Crippen LogP contribution in [0, 0.1) is 0 Å². The molecule has 3 fully saturated rings. The highest BCUT2D eigenvalue weighted by Gasteiger charge is 2.34. The minimum atomic E-state index is -0.753. The van der Waals surface area contributed by atoms with Crippen molar-refractivity contribution in [3.05, 3.63) is 69.1 Å². The fourth-order valence-corrected chi connectivity index (χ4v) is 7.60. The standard InChI is InChI=1S/C35H48ClN9O3/c1-3-25-21-24(22-29(36)31(25)37)23-30(33(46)43-19-17-42(18-20-43)27-9-13-41(2)14-10-27)38-34(47)44-15-11-28(12-16-44)45-35(48)39-32(40-45)26-7-5-4-6-8-26/h4-8,21-22,27-28,30H,3,9-20,23,37H2,1-2H3,(H,38,47)(H,39,40,48)/t30-/m1/s1. The first-order valence-corrected chi connectivity index (χ1v) is 17.7. The molecule has 1 atom stereocenters. The molecule has 13 heteroatoms. The number of carbonyl (C=O) groups is 2. The third-order valence-electron chi connectivity index (χ3n) is 10.3. The van der Waals surface area contributed by atoms with Gasteiger partial charge >= 0.3 is 11.7 Å². The van der Waals surface area contributed by atoms with Gasteiger partial charge in [-0.1, -0.05) is 54.9 Å². The number of nitrogens with two attached hydrogens (primary N) is 1. The molecule has 2 aromatic carbocycles. The molecule has 4 heterocycles. The number of nitrogen functional groups attached to an aromatic ring is 1. The Bertz CT molecular complexity index is 1620. The number of piperidine rings is 2. The van der Waals surface area contributed by atoms with E-state index in [0.717, 1.165) is 55.7 Å². The van der Waals surface area contributed by atoms with Crippen LogP contribution >= 0.6 is 11.6 Å². The van der Waals surface area contributed by atoms with E-state index in [4.69, 9.17) is 17.3 Å². The summed E-state index contributed by atoms with van der Waals surface area (Å²) in [6, 6.07) is 12.7. The number of aryl methyl sites for hydroxylation is 1. The second-order valence-corrected chi connectivity index (χ2v) is 13.8. The van der Waals surface area contributed by atoms with Crippen LogP contribution in [-0.2, 0) is 17.6 Å². The van der Waals surface area contributed by atoms with Crippen LogP contribution < -0.4 is 16.7 Å². The molecule has 3 saturated heterocycles. The number of nitrogens with one attached hydrogen (secondary N) is 2. The van der Waals surface area contributed by atoms with Gasteiger partial charge in [-0.05, 0) is 69.4 Å². The highest BCUT2D eigenvalue weighted by atomic mass is 35.5. The molecule has 3 amide bonds. The average Bonchev–Trinajstić information content (AvgIpc) is 3.51. The SMILES string of the molecule is CCc1cc(C[C@@H](NC(=O)N2CCC(n3nc(-c4ccccc4)[nH]c3=O)CC2)C(=O)N2CCN(C3CCN(C)CC3)CC2)cc(Cl)c1N. The zero-order valence-electron chi connectivity index (χ0n) is 28.0. The highest BCUT2D eigenvalue weighted by molar-refractivity contribution is 6.33. The summed E-state index contributed by atoms with van der Waals surface area (Å²) in [5, 5.41) is 8.11. The molecule has 0 aliphatic carbocycles. The molecule has 1 aromatic heterocycles. The van der Waals surface area contributed by atoms with Crippen LogP contribution in [0.1, 0.15) is 49.8 Å². The second kappa shape index (κ2) is 15.1. The van der Waals surface area contributed by atoms with Crippen molar-refractivity contribution < 1.29 is 9.59 Å². The van der Waals surface area contributed by atoms with Gasteiger partial charge in [-0.15, -0.1) is 5.10 Å². The van der Waals surface area contributed by atoms with Gasteiger partial charge in [0.25, 0.3) is 0 Å². The Labute approximate surface area is 287 Å². The summed E-state index contributed by atoms with van der Waals surface area (Å²) in [7, 11) is 2.17. The Morgan fingerprint density at radius 2 is 1.62 bits per heavy atom. The van der Waals surface area contributed by atoms with Crippen molar-refractivity contribution in [3.8, 4) is 11.4 Å². The van der Waals surface area contributed by atoms with Crippen molar-refractivity contribution in [1.29, 1.82) is 0 Å². The molecule has 3 aromatic rings. The lowest BCUT2D eigenvalue weighted by molar-refractivity contribution is -0.135. The predicted octanol–water partition coefficient (Wildman–Crippen LogP) is 3.23. The van der Waals surface area contributed by atoms with E-state index >= 15 is 0 Å². The number of nitrogens with zero attached hydrogens (tertiary/aromatic N) is 6. The summed E-state index contributed by atoms with van der Waals surface area (Å²) in [6.45, 7) is 8.05. The van der Waals surface area contributed by atoms with Crippen molar-refractivity contribution in [1.82, 2.24) is 39.7 Å². The first-order chi connectivity index (χ1) is 23.2.